The average Bonchev–Trinajstić information content (AvgIpc) is 3.23. The lowest BCUT2D eigenvalue weighted by Crippen LogP contribution is -2.24. The highest BCUT2D eigenvalue weighted by molar-refractivity contribution is 7.73. The molecular weight excluding hydrogens is 416 g/mol. The van der Waals surface area contributed by atoms with Crippen LogP contribution >= 0.6 is 34.9 Å². The third-order valence-corrected chi connectivity index (χ3v) is 6.56. The fourth-order valence-electron chi connectivity index (χ4n) is 2.63. The Balaban J connectivity index is 1.78. The quantitative estimate of drug-likeness (QED) is 0.335. The molecule has 3 aromatic rings. The molecule has 0 aliphatic carbocycles. The number of fused-ring (bicyclic) bond motifs is 1. The first-order valence-electron chi connectivity index (χ1n) is 8.46. The SMILES string of the molecule is C=CCn1c(=S)sc2c(=O)n(CC(=O)c3ccc(CCNC(C)=O)s3)cnc21. The number of thiazole rings is 1. The average molecular weight is 435 g/mol. The van der Waals surface area contributed by atoms with Crippen LogP contribution in [0.15, 0.2) is 35.9 Å². The number of amides is 1. The standard InChI is InChI=1S/C18H18N4O3S3/c1-3-8-22-16-15(28-18(22)26)17(25)21(10-20-16)9-13(24)14-5-4-12(27-14)6-7-19-11(2)23/h3-5,10H,1,6-9H2,2H3,(H,19,23). The van der Waals surface area contributed by atoms with Gasteiger partial charge < -0.3 is 9.88 Å². The molecule has 0 radical (unpaired) electrons. The van der Waals surface area contributed by atoms with Gasteiger partial charge in [0, 0.05) is 24.9 Å². The molecule has 10 heteroatoms. The first-order valence-corrected chi connectivity index (χ1v) is 10.5. The number of hydrogen-bond acceptors (Lipinski definition) is 7. The molecule has 0 bridgehead atoms. The Morgan fingerprint density at radius 3 is 2.86 bits per heavy atom. The molecule has 0 unspecified atom stereocenters. The van der Waals surface area contributed by atoms with Gasteiger partial charge >= 0.3 is 0 Å². The Morgan fingerprint density at radius 2 is 2.14 bits per heavy atom. The minimum Gasteiger partial charge on any atom is -0.356 e. The molecule has 0 saturated carbocycles. The Bertz CT molecular complexity index is 1170. The molecule has 3 aromatic heterocycles. The number of allylic oxidation sites excluding steroid dienone is 1. The van der Waals surface area contributed by atoms with E-state index in [4.69, 9.17) is 12.2 Å². The third-order valence-electron chi connectivity index (χ3n) is 3.95. The van der Waals surface area contributed by atoms with Crippen LogP contribution in [-0.2, 0) is 24.3 Å². The summed E-state index contributed by atoms with van der Waals surface area (Å²) in [7, 11) is 0. The predicted molar refractivity (Wildman–Crippen MR) is 114 cm³/mol. The molecule has 3 heterocycles. The maximum Gasteiger partial charge on any atom is 0.273 e. The van der Waals surface area contributed by atoms with Crippen molar-refractivity contribution in [3.05, 3.63) is 55.2 Å². The number of thiophene rings is 1. The summed E-state index contributed by atoms with van der Waals surface area (Å²) in [5.74, 6) is -0.242. The Hall–Kier alpha value is -2.43. The molecule has 0 atom stereocenters. The van der Waals surface area contributed by atoms with Crippen LogP contribution in [0.25, 0.3) is 10.3 Å². The van der Waals surface area contributed by atoms with Gasteiger partial charge in [-0.25, -0.2) is 4.98 Å². The van der Waals surface area contributed by atoms with Crippen LogP contribution in [0.5, 0.6) is 0 Å². The second-order valence-electron chi connectivity index (χ2n) is 6.02. The minimum absolute atomic E-state index is 0.0830. The van der Waals surface area contributed by atoms with Gasteiger partial charge in [-0.15, -0.1) is 17.9 Å². The summed E-state index contributed by atoms with van der Waals surface area (Å²) in [6, 6.07) is 3.61. The summed E-state index contributed by atoms with van der Waals surface area (Å²) in [6.07, 6.45) is 3.74. The van der Waals surface area contributed by atoms with Crippen LogP contribution in [0.2, 0.25) is 0 Å². The number of rotatable bonds is 8. The number of ketones is 1. The van der Waals surface area contributed by atoms with Gasteiger partial charge in [0.2, 0.25) is 5.91 Å². The van der Waals surface area contributed by atoms with E-state index in [0.29, 0.717) is 38.7 Å². The van der Waals surface area contributed by atoms with Gasteiger partial charge in [0.1, 0.15) is 11.0 Å². The van der Waals surface area contributed by atoms with Crippen molar-refractivity contribution in [1.29, 1.82) is 0 Å². The fourth-order valence-corrected chi connectivity index (χ4v) is 4.88. The van der Waals surface area contributed by atoms with Gasteiger partial charge in [0.25, 0.3) is 5.56 Å². The van der Waals surface area contributed by atoms with Crippen LogP contribution in [0.4, 0.5) is 0 Å². The first-order chi connectivity index (χ1) is 13.4. The zero-order chi connectivity index (χ0) is 20.3. The van der Waals surface area contributed by atoms with E-state index >= 15 is 0 Å². The van der Waals surface area contributed by atoms with Crippen LogP contribution in [-0.4, -0.2) is 32.4 Å². The van der Waals surface area contributed by atoms with Gasteiger partial charge in [-0.2, -0.15) is 0 Å². The van der Waals surface area contributed by atoms with Crippen molar-refractivity contribution in [2.75, 3.05) is 6.54 Å². The van der Waals surface area contributed by atoms with E-state index in [2.05, 4.69) is 16.9 Å². The zero-order valence-electron chi connectivity index (χ0n) is 15.1. The lowest BCUT2D eigenvalue weighted by molar-refractivity contribution is -0.118. The molecular formula is C18H18N4O3S3. The molecule has 0 aromatic carbocycles. The summed E-state index contributed by atoms with van der Waals surface area (Å²) in [4.78, 5) is 42.1. The molecule has 0 aliphatic rings. The maximum atomic E-state index is 12.7. The number of carbonyl (C=O) groups is 2. The highest BCUT2D eigenvalue weighted by atomic mass is 32.1. The molecule has 146 valence electrons. The van der Waals surface area contributed by atoms with Crippen molar-refractivity contribution in [3.63, 3.8) is 0 Å². The van der Waals surface area contributed by atoms with E-state index in [1.807, 2.05) is 6.07 Å². The van der Waals surface area contributed by atoms with Crippen molar-refractivity contribution in [2.24, 2.45) is 0 Å². The Morgan fingerprint density at radius 1 is 1.36 bits per heavy atom. The largest absolute Gasteiger partial charge is 0.356 e. The predicted octanol–water partition coefficient (Wildman–Crippen LogP) is 2.80. The second kappa shape index (κ2) is 8.72. The van der Waals surface area contributed by atoms with E-state index in [0.717, 1.165) is 4.88 Å². The minimum atomic E-state index is -0.278. The summed E-state index contributed by atoms with van der Waals surface area (Å²) in [5.41, 5.74) is 0.236. The van der Waals surface area contributed by atoms with E-state index < -0.39 is 0 Å². The number of nitrogens with one attached hydrogen (secondary N) is 1. The van der Waals surface area contributed by atoms with Crippen LogP contribution in [0.1, 0.15) is 21.5 Å². The second-order valence-corrected chi connectivity index (χ2v) is 8.83. The van der Waals surface area contributed by atoms with Crippen molar-refractivity contribution < 1.29 is 9.59 Å². The highest BCUT2D eigenvalue weighted by Crippen LogP contribution is 2.19. The number of aromatic nitrogens is 3. The van der Waals surface area contributed by atoms with E-state index in [1.54, 1.807) is 16.7 Å². The monoisotopic (exact) mass is 434 g/mol. The van der Waals surface area contributed by atoms with Gasteiger partial charge in [-0.3, -0.25) is 19.0 Å². The summed E-state index contributed by atoms with van der Waals surface area (Å²) >= 11 is 7.85. The lowest BCUT2D eigenvalue weighted by atomic mass is 10.3. The van der Waals surface area contributed by atoms with Gasteiger partial charge in [-0.1, -0.05) is 17.4 Å². The molecule has 0 fully saturated rings. The molecule has 7 nitrogen and oxygen atoms in total. The molecule has 0 aliphatic heterocycles. The number of nitrogens with zero attached hydrogens (tertiary/aromatic N) is 3. The molecule has 28 heavy (non-hydrogen) atoms. The Labute approximate surface area is 174 Å². The number of Topliss-reactive ketones (excluding diaryl/α,β-unsaturated/α-hetero) is 1. The molecule has 0 spiro atoms. The van der Waals surface area contributed by atoms with Crippen LogP contribution in [0, 0.1) is 3.95 Å². The zero-order valence-corrected chi connectivity index (χ0v) is 17.6. The van der Waals surface area contributed by atoms with Gasteiger partial charge in [0.05, 0.1) is 11.4 Å². The summed E-state index contributed by atoms with van der Waals surface area (Å²) < 4.78 is 4.04. The third kappa shape index (κ3) is 4.34. The topological polar surface area (TPSA) is 86.0 Å². The summed E-state index contributed by atoms with van der Waals surface area (Å²) in [5, 5.41) is 2.73. The van der Waals surface area contributed by atoms with Crippen molar-refractivity contribution >= 4 is 56.9 Å². The van der Waals surface area contributed by atoms with Gasteiger partial charge in [-0.05, 0) is 30.8 Å². The number of hydrogen-bond donors (Lipinski definition) is 1. The van der Waals surface area contributed by atoms with Crippen LogP contribution < -0.4 is 10.9 Å². The fraction of sp³-hybridized carbons (Fsp3) is 0.278. The van der Waals surface area contributed by atoms with E-state index in [9.17, 15) is 14.4 Å². The van der Waals surface area contributed by atoms with Crippen LogP contribution in [0.3, 0.4) is 0 Å². The molecule has 3 rings (SSSR count). The number of carbonyl (C=O) groups excluding carboxylic acids is 2. The van der Waals surface area contributed by atoms with Crippen molar-refractivity contribution in [1.82, 2.24) is 19.4 Å². The smallest absolute Gasteiger partial charge is 0.273 e. The van der Waals surface area contributed by atoms with E-state index in [1.165, 1.54) is 40.5 Å². The maximum absolute atomic E-state index is 12.7. The molecule has 1 amide bonds. The lowest BCUT2D eigenvalue weighted by Gasteiger charge is -2.04. The normalized spacial score (nSPS) is 10.9. The van der Waals surface area contributed by atoms with Crippen molar-refractivity contribution in [2.45, 2.75) is 26.4 Å². The highest BCUT2D eigenvalue weighted by Gasteiger charge is 2.15. The molecule has 0 saturated heterocycles. The van der Waals surface area contributed by atoms with Gasteiger partial charge in [0.15, 0.2) is 15.4 Å². The Kier molecular flexibility index (Phi) is 6.32. The summed E-state index contributed by atoms with van der Waals surface area (Å²) in [6.45, 7) is 6.07. The van der Waals surface area contributed by atoms with E-state index in [-0.39, 0.29) is 23.8 Å². The molecule has 1 N–H and O–H groups in total. The first kappa shape index (κ1) is 20.3. The van der Waals surface area contributed by atoms with Crippen molar-refractivity contribution in [3.8, 4) is 0 Å².